The number of amides is 3. The molecule has 1 aromatic carbocycles. The number of carbonyl (C=O) groups is 4. The predicted octanol–water partition coefficient (Wildman–Crippen LogP) is -0.346. The molecular weight excluding hydrogens is 538 g/mol. The standard InChI is InChI=1S/C26H43N7O6S/c1-4-15(2)21(27)24(37)33-20(14-16-7-9-17(34)10-8-16)23(36)31-18(11-13-40-3)22(35)32-19(25(38)39)6-5-12-30-26(28)29/h7-10,15,18-21,34H,4-6,11-14,27H2,1-3H3,(H,31,36)(H,32,35)(H,33,37)(H,38,39)(H4,28,29,30). The number of hydrogen-bond acceptors (Lipinski definition) is 8. The lowest BCUT2D eigenvalue weighted by atomic mass is 9.98. The van der Waals surface area contributed by atoms with Gasteiger partial charge in [-0.1, -0.05) is 32.4 Å². The summed E-state index contributed by atoms with van der Waals surface area (Å²) in [5, 5.41) is 27.1. The summed E-state index contributed by atoms with van der Waals surface area (Å²) in [5.74, 6) is -2.72. The normalized spacial score (nSPS) is 14.6. The number of aromatic hydroxyl groups is 1. The Morgan fingerprint density at radius 1 is 0.950 bits per heavy atom. The van der Waals surface area contributed by atoms with E-state index in [2.05, 4.69) is 20.9 Å². The van der Waals surface area contributed by atoms with Crippen molar-refractivity contribution in [3.63, 3.8) is 0 Å². The van der Waals surface area contributed by atoms with Gasteiger partial charge in [0.05, 0.1) is 6.04 Å². The molecule has 224 valence electrons. The van der Waals surface area contributed by atoms with Gasteiger partial charge < -0.3 is 43.4 Å². The van der Waals surface area contributed by atoms with Crippen LogP contribution in [-0.4, -0.2) is 82.6 Å². The number of nitrogens with zero attached hydrogens (tertiary/aromatic N) is 1. The fraction of sp³-hybridized carbons (Fsp3) is 0.577. The number of thioether (sulfide) groups is 1. The fourth-order valence-electron chi connectivity index (χ4n) is 3.67. The molecule has 0 aliphatic heterocycles. The highest BCUT2D eigenvalue weighted by Gasteiger charge is 2.31. The lowest BCUT2D eigenvalue weighted by Gasteiger charge is -2.26. The first kappa shape index (κ1) is 34.5. The van der Waals surface area contributed by atoms with E-state index in [-0.39, 0.29) is 43.4 Å². The molecule has 11 N–H and O–H groups in total. The van der Waals surface area contributed by atoms with Gasteiger partial charge in [-0.05, 0) is 54.9 Å². The van der Waals surface area contributed by atoms with Crippen LogP contribution in [0.5, 0.6) is 5.75 Å². The summed E-state index contributed by atoms with van der Waals surface area (Å²) in [7, 11) is 0. The predicted molar refractivity (Wildman–Crippen MR) is 156 cm³/mol. The minimum absolute atomic E-state index is 0.0488. The molecule has 5 unspecified atom stereocenters. The quantitative estimate of drug-likeness (QED) is 0.0637. The zero-order valence-electron chi connectivity index (χ0n) is 23.3. The molecule has 40 heavy (non-hydrogen) atoms. The van der Waals surface area contributed by atoms with E-state index in [9.17, 15) is 29.4 Å². The van der Waals surface area contributed by atoms with E-state index in [1.165, 1.54) is 23.9 Å². The van der Waals surface area contributed by atoms with Crippen molar-refractivity contribution in [1.29, 1.82) is 0 Å². The third kappa shape index (κ3) is 12.6. The molecule has 0 radical (unpaired) electrons. The van der Waals surface area contributed by atoms with Crippen molar-refractivity contribution in [2.75, 3.05) is 18.6 Å². The summed E-state index contributed by atoms with van der Waals surface area (Å²) < 4.78 is 0. The van der Waals surface area contributed by atoms with E-state index in [1.807, 2.05) is 20.1 Å². The molecule has 0 aliphatic rings. The second kappa shape index (κ2) is 17.9. The molecule has 0 heterocycles. The summed E-state index contributed by atoms with van der Waals surface area (Å²) in [4.78, 5) is 55.0. The summed E-state index contributed by atoms with van der Waals surface area (Å²) in [6.07, 6.45) is 3.19. The summed E-state index contributed by atoms with van der Waals surface area (Å²) in [6.45, 7) is 3.93. The third-order valence-corrected chi connectivity index (χ3v) is 7.02. The highest BCUT2D eigenvalue weighted by Crippen LogP contribution is 2.13. The smallest absolute Gasteiger partial charge is 0.326 e. The fourth-order valence-corrected chi connectivity index (χ4v) is 4.14. The molecular formula is C26H43N7O6S. The maximum absolute atomic E-state index is 13.4. The van der Waals surface area contributed by atoms with Gasteiger partial charge in [-0.3, -0.25) is 19.4 Å². The highest BCUT2D eigenvalue weighted by molar-refractivity contribution is 7.98. The van der Waals surface area contributed by atoms with E-state index in [0.29, 0.717) is 24.2 Å². The van der Waals surface area contributed by atoms with Crippen LogP contribution in [0.1, 0.15) is 45.1 Å². The number of nitrogens with one attached hydrogen (secondary N) is 3. The molecule has 13 nitrogen and oxygen atoms in total. The first-order valence-electron chi connectivity index (χ1n) is 13.1. The Morgan fingerprint density at radius 3 is 2.08 bits per heavy atom. The van der Waals surface area contributed by atoms with Gasteiger partial charge in [-0.15, -0.1) is 0 Å². The molecule has 0 aromatic heterocycles. The van der Waals surface area contributed by atoms with Crippen LogP contribution in [0, 0.1) is 5.92 Å². The number of carboxylic acids is 1. The number of carbonyl (C=O) groups excluding carboxylic acids is 3. The topological polar surface area (TPSA) is 235 Å². The Hall–Kier alpha value is -3.52. The number of rotatable bonds is 18. The molecule has 0 spiro atoms. The van der Waals surface area contributed by atoms with E-state index in [1.54, 1.807) is 12.1 Å². The largest absolute Gasteiger partial charge is 0.508 e. The van der Waals surface area contributed by atoms with E-state index in [0.717, 1.165) is 0 Å². The van der Waals surface area contributed by atoms with Crippen LogP contribution < -0.4 is 33.2 Å². The number of nitrogens with two attached hydrogens (primary N) is 3. The first-order chi connectivity index (χ1) is 18.9. The number of phenolic OH excluding ortho intramolecular Hbond substituents is 1. The van der Waals surface area contributed by atoms with Crippen molar-refractivity contribution >= 4 is 41.4 Å². The van der Waals surface area contributed by atoms with Gasteiger partial charge in [-0.2, -0.15) is 11.8 Å². The molecule has 0 fully saturated rings. The number of carboxylic acid groups (broad SMARTS) is 1. The second-order valence-electron chi connectivity index (χ2n) is 9.53. The maximum Gasteiger partial charge on any atom is 0.326 e. The van der Waals surface area contributed by atoms with Crippen molar-refractivity contribution < 1.29 is 29.4 Å². The van der Waals surface area contributed by atoms with Crippen LogP contribution in [0.3, 0.4) is 0 Å². The summed E-state index contributed by atoms with van der Waals surface area (Å²) in [5.41, 5.74) is 17.3. The Balaban J connectivity index is 3.09. The van der Waals surface area contributed by atoms with Crippen LogP contribution >= 0.6 is 11.8 Å². The van der Waals surface area contributed by atoms with Gasteiger partial charge in [0.15, 0.2) is 5.96 Å². The van der Waals surface area contributed by atoms with Crippen LogP contribution in [0.2, 0.25) is 0 Å². The van der Waals surface area contributed by atoms with E-state index in [4.69, 9.17) is 17.2 Å². The number of benzene rings is 1. The number of guanidine groups is 1. The van der Waals surface area contributed by atoms with Crippen LogP contribution in [0.25, 0.3) is 0 Å². The Bertz CT molecular complexity index is 1000. The van der Waals surface area contributed by atoms with Crippen LogP contribution in [0.4, 0.5) is 0 Å². The number of aliphatic carboxylic acids is 1. The molecule has 0 bridgehead atoms. The average Bonchev–Trinajstić information content (AvgIpc) is 2.91. The van der Waals surface area contributed by atoms with E-state index < -0.39 is 47.9 Å². The van der Waals surface area contributed by atoms with Crippen molar-refractivity contribution in [2.24, 2.45) is 28.1 Å². The SMILES string of the molecule is CCC(C)C(N)C(=O)NC(Cc1ccc(O)cc1)C(=O)NC(CCSC)C(=O)NC(CCCN=C(N)N)C(=O)O. The Labute approximate surface area is 239 Å². The van der Waals surface area contributed by atoms with Gasteiger partial charge in [0.2, 0.25) is 17.7 Å². The van der Waals surface area contributed by atoms with Crippen molar-refractivity contribution in [2.45, 2.75) is 70.1 Å². The molecule has 0 saturated carbocycles. The van der Waals surface area contributed by atoms with Crippen molar-refractivity contribution in [1.82, 2.24) is 16.0 Å². The third-order valence-electron chi connectivity index (χ3n) is 6.37. The highest BCUT2D eigenvalue weighted by atomic mass is 32.2. The zero-order chi connectivity index (χ0) is 30.2. The molecule has 5 atom stereocenters. The minimum Gasteiger partial charge on any atom is -0.508 e. The van der Waals surface area contributed by atoms with Gasteiger partial charge in [0.1, 0.15) is 23.9 Å². The molecule has 1 rings (SSSR count). The van der Waals surface area contributed by atoms with Gasteiger partial charge in [0.25, 0.3) is 0 Å². The van der Waals surface area contributed by atoms with Gasteiger partial charge >= 0.3 is 5.97 Å². The lowest BCUT2D eigenvalue weighted by Crippen LogP contribution is -2.58. The molecule has 3 amide bonds. The van der Waals surface area contributed by atoms with E-state index >= 15 is 0 Å². The number of aliphatic imine (C=N–C) groups is 1. The van der Waals surface area contributed by atoms with Crippen LogP contribution in [-0.2, 0) is 25.6 Å². The zero-order valence-corrected chi connectivity index (χ0v) is 24.1. The lowest BCUT2D eigenvalue weighted by molar-refractivity contribution is -0.142. The van der Waals surface area contributed by atoms with Crippen LogP contribution in [0.15, 0.2) is 29.3 Å². The molecule has 14 heteroatoms. The monoisotopic (exact) mass is 581 g/mol. The number of hydrogen-bond donors (Lipinski definition) is 8. The Morgan fingerprint density at radius 2 is 1.52 bits per heavy atom. The van der Waals surface area contributed by atoms with Crippen molar-refractivity contribution in [3.8, 4) is 5.75 Å². The van der Waals surface area contributed by atoms with Gasteiger partial charge in [0, 0.05) is 13.0 Å². The summed E-state index contributed by atoms with van der Waals surface area (Å²) >= 11 is 1.46. The van der Waals surface area contributed by atoms with Gasteiger partial charge in [-0.25, -0.2) is 4.79 Å². The second-order valence-corrected chi connectivity index (χ2v) is 10.5. The first-order valence-corrected chi connectivity index (χ1v) is 14.5. The average molecular weight is 582 g/mol. The van der Waals surface area contributed by atoms with Crippen molar-refractivity contribution in [3.05, 3.63) is 29.8 Å². The molecule has 1 aromatic rings. The number of phenols is 1. The maximum atomic E-state index is 13.4. The minimum atomic E-state index is -1.23. The Kier molecular flexibility index (Phi) is 15.5. The molecule has 0 saturated heterocycles. The summed E-state index contributed by atoms with van der Waals surface area (Å²) in [6, 6.07) is 1.98. The molecule has 0 aliphatic carbocycles.